The predicted octanol–water partition coefficient (Wildman–Crippen LogP) is 4.75. The molecule has 1 aromatic heterocycles. The molecule has 1 fully saturated rings. The van der Waals surface area contributed by atoms with Crippen LogP contribution in [-0.2, 0) is 0 Å². The molecule has 0 bridgehead atoms. The molecule has 4 rings (SSSR count). The summed E-state index contributed by atoms with van der Waals surface area (Å²) in [5.74, 6) is 0.672. The quantitative estimate of drug-likeness (QED) is 0.484. The highest BCUT2D eigenvalue weighted by Gasteiger charge is 2.27. The van der Waals surface area contributed by atoms with Gasteiger partial charge >= 0.3 is 6.03 Å². The molecule has 8 heteroatoms. The van der Waals surface area contributed by atoms with E-state index in [1.54, 1.807) is 36.4 Å². The first-order valence-electron chi connectivity index (χ1n) is 11.3. The van der Waals surface area contributed by atoms with E-state index in [1.165, 1.54) is 10.7 Å². The van der Waals surface area contributed by atoms with Crippen molar-refractivity contribution in [1.82, 2.24) is 15.1 Å². The summed E-state index contributed by atoms with van der Waals surface area (Å²) in [5.41, 5.74) is 2.81. The van der Waals surface area contributed by atoms with Gasteiger partial charge in [0.15, 0.2) is 0 Å². The van der Waals surface area contributed by atoms with Crippen molar-refractivity contribution in [1.29, 1.82) is 0 Å². The maximum atomic E-state index is 12.6. The van der Waals surface area contributed by atoms with E-state index in [2.05, 4.69) is 15.7 Å². The highest BCUT2D eigenvalue weighted by Crippen LogP contribution is 2.39. The smallest absolute Gasteiger partial charge is 0.342 e. The maximum Gasteiger partial charge on any atom is 0.342 e. The third-order valence-corrected chi connectivity index (χ3v) is 5.74. The topological polar surface area (TPSA) is 105 Å². The average Bonchev–Trinajstić information content (AvgIpc) is 3.18. The standard InChI is InChI=1S/C25H28N4O4/c1-3-26-25(32)29-22(16-6-5-7-16)15-21(28-29)20-13-10-18(14-23(20)30)27-24(31)17-8-11-19(12-9-17)33-4-2/h8-16,30H,3-7H2,1-2H3,(H,26,32)(H,27,31). The van der Waals surface area contributed by atoms with Crippen LogP contribution in [0, 0.1) is 0 Å². The van der Waals surface area contributed by atoms with Gasteiger partial charge in [-0.1, -0.05) is 6.42 Å². The summed E-state index contributed by atoms with van der Waals surface area (Å²) in [4.78, 5) is 25.0. The molecule has 0 radical (unpaired) electrons. The van der Waals surface area contributed by atoms with Gasteiger partial charge in [0.25, 0.3) is 5.91 Å². The Balaban J connectivity index is 1.54. The number of ether oxygens (including phenoxy) is 1. The van der Waals surface area contributed by atoms with Crippen molar-refractivity contribution in [2.24, 2.45) is 0 Å². The van der Waals surface area contributed by atoms with Gasteiger partial charge in [0, 0.05) is 35.3 Å². The number of phenolic OH excluding ortho intramolecular Hbond substituents is 1. The first-order valence-corrected chi connectivity index (χ1v) is 11.3. The average molecular weight is 449 g/mol. The van der Waals surface area contributed by atoms with E-state index < -0.39 is 0 Å². The summed E-state index contributed by atoms with van der Waals surface area (Å²) in [7, 11) is 0. The third-order valence-electron chi connectivity index (χ3n) is 5.74. The van der Waals surface area contributed by atoms with Gasteiger partial charge in [0.2, 0.25) is 0 Å². The van der Waals surface area contributed by atoms with Gasteiger partial charge in [0.05, 0.1) is 18.0 Å². The zero-order valence-corrected chi connectivity index (χ0v) is 18.8. The number of hydrogen-bond acceptors (Lipinski definition) is 5. The molecule has 0 atom stereocenters. The Morgan fingerprint density at radius 1 is 1.12 bits per heavy atom. The van der Waals surface area contributed by atoms with Crippen LogP contribution in [0.5, 0.6) is 11.5 Å². The predicted molar refractivity (Wildman–Crippen MR) is 126 cm³/mol. The third kappa shape index (κ3) is 4.84. The lowest BCUT2D eigenvalue weighted by atomic mass is 9.82. The van der Waals surface area contributed by atoms with Crippen LogP contribution in [0.15, 0.2) is 48.5 Å². The number of nitrogens with zero attached hydrogens (tertiary/aromatic N) is 2. The summed E-state index contributed by atoms with van der Waals surface area (Å²) in [5, 5.41) is 20.7. The number of carbonyl (C=O) groups excluding carboxylic acids is 2. The van der Waals surface area contributed by atoms with Crippen LogP contribution < -0.4 is 15.4 Å². The van der Waals surface area contributed by atoms with Crippen LogP contribution in [-0.4, -0.2) is 40.0 Å². The van der Waals surface area contributed by atoms with Crippen molar-refractivity contribution in [3.63, 3.8) is 0 Å². The summed E-state index contributed by atoms with van der Waals surface area (Å²) in [6.07, 6.45) is 3.18. The number of anilines is 1. The maximum absolute atomic E-state index is 12.6. The molecule has 1 aliphatic carbocycles. The van der Waals surface area contributed by atoms with Crippen LogP contribution in [0.1, 0.15) is 55.1 Å². The molecule has 0 aliphatic heterocycles. The number of hydrogen-bond donors (Lipinski definition) is 3. The van der Waals surface area contributed by atoms with Gasteiger partial charge in [-0.15, -0.1) is 0 Å². The fraction of sp³-hybridized carbons (Fsp3) is 0.320. The van der Waals surface area contributed by atoms with Crippen molar-refractivity contribution in [3.8, 4) is 22.8 Å². The molecule has 0 saturated heterocycles. The molecule has 172 valence electrons. The molecule has 0 spiro atoms. The van der Waals surface area contributed by atoms with Gasteiger partial charge in [-0.25, -0.2) is 4.79 Å². The Bertz CT molecular complexity index is 1150. The van der Waals surface area contributed by atoms with Gasteiger partial charge in [0.1, 0.15) is 11.5 Å². The number of carbonyl (C=O) groups is 2. The first kappa shape index (κ1) is 22.4. The summed E-state index contributed by atoms with van der Waals surface area (Å²) >= 11 is 0. The Morgan fingerprint density at radius 3 is 2.48 bits per heavy atom. The second-order valence-electron chi connectivity index (χ2n) is 7.97. The Labute approximate surface area is 192 Å². The largest absolute Gasteiger partial charge is 0.507 e. The van der Waals surface area contributed by atoms with Gasteiger partial charge in [-0.05, 0) is 69.2 Å². The van der Waals surface area contributed by atoms with E-state index in [4.69, 9.17) is 4.74 Å². The van der Waals surface area contributed by atoms with Crippen molar-refractivity contribution >= 4 is 17.6 Å². The Hall–Kier alpha value is -3.81. The molecule has 1 saturated carbocycles. The Kier molecular flexibility index (Phi) is 6.63. The number of benzene rings is 2. The van der Waals surface area contributed by atoms with Crippen LogP contribution in [0.2, 0.25) is 0 Å². The summed E-state index contributed by atoms with van der Waals surface area (Å²) in [6, 6.07) is 13.3. The van der Waals surface area contributed by atoms with Crippen molar-refractivity contribution < 1.29 is 19.4 Å². The van der Waals surface area contributed by atoms with Crippen molar-refractivity contribution in [2.45, 2.75) is 39.0 Å². The summed E-state index contributed by atoms with van der Waals surface area (Å²) < 4.78 is 6.80. The lowest BCUT2D eigenvalue weighted by Crippen LogP contribution is -2.31. The SMILES string of the molecule is CCNC(=O)n1nc(-c2ccc(NC(=O)c3ccc(OCC)cc3)cc2O)cc1C1CCC1. The fourth-order valence-electron chi connectivity index (χ4n) is 3.81. The molecule has 1 aliphatic rings. The lowest BCUT2D eigenvalue weighted by Gasteiger charge is -2.25. The Morgan fingerprint density at radius 2 is 1.88 bits per heavy atom. The second-order valence-corrected chi connectivity index (χ2v) is 7.97. The minimum absolute atomic E-state index is 0.0276. The number of phenols is 1. The van der Waals surface area contributed by atoms with Crippen LogP contribution in [0.3, 0.4) is 0 Å². The first-order chi connectivity index (χ1) is 16.0. The fourth-order valence-corrected chi connectivity index (χ4v) is 3.81. The van der Waals surface area contributed by atoms with Crippen molar-refractivity contribution in [2.75, 3.05) is 18.5 Å². The number of nitrogens with one attached hydrogen (secondary N) is 2. The van der Waals surface area contributed by atoms with E-state index in [0.717, 1.165) is 25.0 Å². The highest BCUT2D eigenvalue weighted by atomic mass is 16.5. The van der Waals surface area contributed by atoms with E-state index >= 15 is 0 Å². The minimum atomic E-state index is -0.294. The molecule has 2 amide bonds. The molecule has 3 N–H and O–H groups in total. The van der Waals surface area contributed by atoms with Gasteiger partial charge in [-0.2, -0.15) is 9.78 Å². The van der Waals surface area contributed by atoms with Gasteiger partial charge in [-0.3, -0.25) is 4.79 Å². The van der Waals surface area contributed by atoms with Crippen LogP contribution >= 0.6 is 0 Å². The lowest BCUT2D eigenvalue weighted by molar-refractivity contribution is 0.102. The molecule has 0 unspecified atom stereocenters. The minimum Gasteiger partial charge on any atom is -0.507 e. The van der Waals surface area contributed by atoms with E-state index in [0.29, 0.717) is 47.3 Å². The van der Waals surface area contributed by atoms with E-state index in [9.17, 15) is 14.7 Å². The number of amides is 2. The molecular formula is C25H28N4O4. The monoisotopic (exact) mass is 448 g/mol. The van der Waals surface area contributed by atoms with Crippen LogP contribution in [0.25, 0.3) is 11.3 Å². The zero-order valence-electron chi connectivity index (χ0n) is 18.8. The molecule has 2 aromatic carbocycles. The normalized spacial score (nSPS) is 13.3. The molecule has 1 heterocycles. The molecule has 8 nitrogen and oxygen atoms in total. The molecular weight excluding hydrogens is 420 g/mol. The second kappa shape index (κ2) is 9.77. The number of aromatic hydroxyl groups is 1. The highest BCUT2D eigenvalue weighted by molar-refractivity contribution is 6.04. The van der Waals surface area contributed by atoms with Crippen LogP contribution in [0.4, 0.5) is 10.5 Å². The van der Waals surface area contributed by atoms with E-state index in [1.807, 2.05) is 19.9 Å². The van der Waals surface area contributed by atoms with E-state index in [-0.39, 0.29) is 17.7 Å². The summed E-state index contributed by atoms with van der Waals surface area (Å²) in [6.45, 7) is 4.82. The number of aromatic nitrogens is 2. The molecule has 33 heavy (non-hydrogen) atoms. The number of rotatable bonds is 7. The van der Waals surface area contributed by atoms with Crippen molar-refractivity contribution in [3.05, 3.63) is 59.8 Å². The zero-order chi connectivity index (χ0) is 23.4. The molecule has 3 aromatic rings. The van der Waals surface area contributed by atoms with Gasteiger partial charge < -0.3 is 20.5 Å².